The Labute approximate surface area is 63.6 Å². The van der Waals surface area contributed by atoms with Crippen molar-refractivity contribution in [2.75, 3.05) is 0 Å². The molecule has 1 rings (SSSR count). The zero-order chi connectivity index (χ0) is 7.61. The van der Waals surface area contributed by atoms with Crippen molar-refractivity contribution < 1.29 is 0 Å². The zero-order valence-corrected chi connectivity index (χ0v) is 6.98. The van der Waals surface area contributed by atoms with E-state index >= 15 is 0 Å². The fraction of sp³-hybridized carbons (Fsp3) is 0.600. The lowest BCUT2D eigenvalue weighted by atomic mass is 9.74. The normalized spacial score (nSPS) is 32.2. The van der Waals surface area contributed by atoms with Crippen LogP contribution in [0, 0.1) is 5.41 Å². The fourth-order valence-corrected chi connectivity index (χ4v) is 1.35. The highest BCUT2D eigenvalue weighted by atomic mass is 14.3. The summed E-state index contributed by atoms with van der Waals surface area (Å²) in [7, 11) is 0. The van der Waals surface area contributed by atoms with Crippen LogP contribution in [0.1, 0.15) is 33.1 Å². The Bertz CT molecular complexity index is 165. The molecule has 0 fully saturated rings. The van der Waals surface area contributed by atoms with Crippen molar-refractivity contribution in [3.8, 4) is 0 Å². The molecule has 0 aromatic heterocycles. The molecule has 1 aliphatic rings. The first kappa shape index (κ1) is 7.59. The summed E-state index contributed by atoms with van der Waals surface area (Å²) >= 11 is 0. The van der Waals surface area contributed by atoms with E-state index in [9.17, 15) is 0 Å². The van der Waals surface area contributed by atoms with Crippen molar-refractivity contribution in [3.63, 3.8) is 0 Å². The highest BCUT2D eigenvalue weighted by Gasteiger charge is 2.24. The van der Waals surface area contributed by atoms with Gasteiger partial charge in [0.1, 0.15) is 0 Å². The lowest BCUT2D eigenvalue weighted by Gasteiger charge is -2.31. The van der Waals surface area contributed by atoms with E-state index in [4.69, 9.17) is 0 Å². The largest absolute Gasteiger partial charge is 0.0996 e. The van der Waals surface area contributed by atoms with Gasteiger partial charge in [0.05, 0.1) is 0 Å². The summed E-state index contributed by atoms with van der Waals surface area (Å²) in [4.78, 5) is 0. The fourth-order valence-electron chi connectivity index (χ4n) is 1.35. The Morgan fingerprint density at radius 3 is 2.50 bits per heavy atom. The van der Waals surface area contributed by atoms with Gasteiger partial charge in [-0.15, -0.1) is 0 Å². The molecule has 0 spiro atoms. The molecule has 56 valence electrons. The average Bonchev–Trinajstić information content (AvgIpc) is 1.89. The molecule has 1 aliphatic carbocycles. The average molecular weight is 136 g/mol. The Morgan fingerprint density at radius 2 is 2.20 bits per heavy atom. The minimum absolute atomic E-state index is 0.398. The summed E-state index contributed by atoms with van der Waals surface area (Å²) in [6, 6.07) is 0. The van der Waals surface area contributed by atoms with Crippen molar-refractivity contribution >= 4 is 0 Å². The third-order valence-electron chi connectivity index (χ3n) is 2.63. The summed E-state index contributed by atoms with van der Waals surface area (Å²) in [5, 5.41) is 0. The van der Waals surface area contributed by atoms with Crippen LogP contribution in [0.2, 0.25) is 0 Å². The van der Waals surface area contributed by atoms with Gasteiger partial charge in [0, 0.05) is 0 Å². The minimum atomic E-state index is 0.398. The molecule has 0 heteroatoms. The first-order valence-electron chi connectivity index (χ1n) is 3.96. The smallest absolute Gasteiger partial charge is 0.00844 e. The molecule has 0 aromatic rings. The topological polar surface area (TPSA) is 0 Å². The molecule has 0 bridgehead atoms. The van der Waals surface area contributed by atoms with E-state index in [2.05, 4.69) is 32.6 Å². The Kier molecular flexibility index (Phi) is 1.98. The van der Waals surface area contributed by atoms with Crippen molar-refractivity contribution in [2.24, 2.45) is 5.41 Å². The molecule has 1 unspecified atom stereocenters. The Balaban J connectivity index is 2.68. The summed E-state index contributed by atoms with van der Waals surface area (Å²) in [5.41, 5.74) is 1.73. The molecule has 0 aliphatic heterocycles. The first-order valence-corrected chi connectivity index (χ1v) is 3.96. The van der Waals surface area contributed by atoms with Gasteiger partial charge in [-0.05, 0) is 31.6 Å². The molecule has 0 radical (unpaired) electrons. The lowest BCUT2D eigenvalue weighted by Crippen LogP contribution is -2.18. The highest BCUT2D eigenvalue weighted by molar-refractivity contribution is 5.11. The van der Waals surface area contributed by atoms with Crippen molar-refractivity contribution in [3.05, 3.63) is 24.3 Å². The molecule has 0 saturated heterocycles. The van der Waals surface area contributed by atoms with Gasteiger partial charge in [-0.3, -0.25) is 0 Å². The van der Waals surface area contributed by atoms with Gasteiger partial charge >= 0.3 is 0 Å². The molecule has 0 nitrogen and oxygen atoms in total. The van der Waals surface area contributed by atoms with Crippen LogP contribution in [-0.4, -0.2) is 0 Å². The van der Waals surface area contributed by atoms with E-state index in [0.717, 1.165) is 0 Å². The van der Waals surface area contributed by atoms with Crippen LogP contribution in [0.5, 0.6) is 0 Å². The summed E-state index contributed by atoms with van der Waals surface area (Å²) in [5.74, 6) is 0. The van der Waals surface area contributed by atoms with Crippen molar-refractivity contribution in [2.45, 2.75) is 33.1 Å². The zero-order valence-electron chi connectivity index (χ0n) is 6.98. The van der Waals surface area contributed by atoms with Gasteiger partial charge in [0.15, 0.2) is 0 Å². The molecule has 0 amide bonds. The van der Waals surface area contributed by atoms with Gasteiger partial charge < -0.3 is 0 Å². The summed E-state index contributed by atoms with van der Waals surface area (Å²) in [6.45, 7) is 8.46. The Morgan fingerprint density at radius 1 is 1.50 bits per heavy atom. The third-order valence-corrected chi connectivity index (χ3v) is 2.63. The van der Waals surface area contributed by atoms with Gasteiger partial charge in [-0.25, -0.2) is 0 Å². The van der Waals surface area contributed by atoms with E-state index in [1.807, 2.05) is 0 Å². The molecule has 10 heavy (non-hydrogen) atoms. The number of hydrogen-bond acceptors (Lipinski definition) is 0. The number of rotatable bonds is 1. The van der Waals surface area contributed by atoms with E-state index < -0.39 is 0 Å². The van der Waals surface area contributed by atoms with Crippen molar-refractivity contribution in [1.29, 1.82) is 0 Å². The first-order chi connectivity index (χ1) is 4.65. The standard InChI is InChI=1S/C10H16/c1-9(2)10(3)7-5-4-6-8-10/h4-5H,1,6-8H2,2-3H3. The monoisotopic (exact) mass is 136 g/mol. The van der Waals surface area contributed by atoms with E-state index in [1.54, 1.807) is 0 Å². The van der Waals surface area contributed by atoms with Gasteiger partial charge in [-0.2, -0.15) is 0 Å². The molecule has 1 atom stereocenters. The molecular weight excluding hydrogens is 120 g/mol. The van der Waals surface area contributed by atoms with Crippen molar-refractivity contribution in [1.82, 2.24) is 0 Å². The second-order valence-corrected chi connectivity index (χ2v) is 3.56. The molecule has 0 heterocycles. The maximum Gasteiger partial charge on any atom is -0.00844 e. The lowest BCUT2D eigenvalue weighted by molar-refractivity contribution is 0.361. The van der Waals surface area contributed by atoms with E-state index in [0.29, 0.717) is 5.41 Å². The van der Waals surface area contributed by atoms with Gasteiger partial charge in [0.25, 0.3) is 0 Å². The van der Waals surface area contributed by atoms with E-state index in [1.165, 1.54) is 24.8 Å². The second-order valence-electron chi connectivity index (χ2n) is 3.56. The second kappa shape index (κ2) is 2.61. The Hall–Kier alpha value is -0.520. The van der Waals surface area contributed by atoms with Crippen LogP contribution in [0.4, 0.5) is 0 Å². The predicted molar refractivity (Wildman–Crippen MR) is 45.9 cm³/mol. The van der Waals surface area contributed by atoms with Crippen LogP contribution in [0.3, 0.4) is 0 Å². The summed E-state index contributed by atoms with van der Waals surface area (Å²) < 4.78 is 0. The highest BCUT2D eigenvalue weighted by Crippen LogP contribution is 2.37. The minimum Gasteiger partial charge on any atom is -0.0996 e. The van der Waals surface area contributed by atoms with Crippen LogP contribution < -0.4 is 0 Å². The quantitative estimate of drug-likeness (QED) is 0.485. The van der Waals surface area contributed by atoms with E-state index in [-0.39, 0.29) is 0 Å². The van der Waals surface area contributed by atoms with Gasteiger partial charge in [0.2, 0.25) is 0 Å². The maximum atomic E-state index is 4.02. The molecule has 0 N–H and O–H groups in total. The summed E-state index contributed by atoms with van der Waals surface area (Å²) in [6.07, 6.45) is 8.23. The molecule has 0 saturated carbocycles. The van der Waals surface area contributed by atoms with Gasteiger partial charge in [-0.1, -0.05) is 31.2 Å². The SMILES string of the molecule is C=C(C)C1(C)CC=CCC1. The predicted octanol–water partition coefficient (Wildman–Crippen LogP) is 3.31. The number of hydrogen-bond donors (Lipinski definition) is 0. The molecule has 0 aromatic carbocycles. The van der Waals surface area contributed by atoms with Crippen LogP contribution in [0.25, 0.3) is 0 Å². The van der Waals surface area contributed by atoms with Crippen LogP contribution >= 0.6 is 0 Å². The maximum absolute atomic E-state index is 4.02. The van der Waals surface area contributed by atoms with Crippen LogP contribution in [0.15, 0.2) is 24.3 Å². The third kappa shape index (κ3) is 1.31. The number of allylic oxidation sites excluding steroid dienone is 3. The van der Waals surface area contributed by atoms with Crippen LogP contribution in [-0.2, 0) is 0 Å². The molecular formula is C10H16.